The second-order valence-electron chi connectivity index (χ2n) is 7.91. The number of aromatic nitrogens is 1. The summed E-state index contributed by atoms with van der Waals surface area (Å²) in [6.45, 7) is 9.96. The van der Waals surface area contributed by atoms with Gasteiger partial charge in [-0.2, -0.15) is 0 Å². The van der Waals surface area contributed by atoms with Crippen molar-refractivity contribution >= 4 is 41.5 Å². The number of benzene rings is 1. The molecule has 0 bridgehead atoms. The molecule has 1 aromatic heterocycles. The molecule has 30 heavy (non-hydrogen) atoms. The number of nitrogens with zero attached hydrogens (tertiary/aromatic N) is 1. The fourth-order valence-electron chi connectivity index (χ4n) is 3.09. The van der Waals surface area contributed by atoms with Crippen LogP contribution in [0.1, 0.15) is 45.0 Å². The molecule has 1 saturated heterocycles. The molecule has 1 N–H and O–H groups in total. The molecule has 0 spiro atoms. The number of halogens is 1. The molecule has 0 aliphatic carbocycles. The zero-order valence-electron chi connectivity index (χ0n) is 18.0. The third-order valence-electron chi connectivity index (χ3n) is 5.39. The van der Waals surface area contributed by atoms with Gasteiger partial charge in [-0.25, -0.2) is 9.78 Å². The van der Waals surface area contributed by atoms with Crippen LogP contribution in [0, 0.1) is 0 Å². The average molecular weight is 433 g/mol. The predicted molar refractivity (Wildman–Crippen MR) is 117 cm³/mol. The van der Waals surface area contributed by atoms with E-state index in [0.29, 0.717) is 17.1 Å². The van der Waals surface area contributed by atoms with Crippen molar-refractivity contribution in [3.8, 4) is 5.75 Å². The summed E-state index contributed by atoms with van der Waals surface area (Å²) in [6, 6.07) is 7.14. The Balaban J connectivity index is 1.99. The van der Waals surface area contributed by atoms with E-state index < -0.39 is 24.3 Å². The minimum Gasteiger partial charge on any atom is -0.495 e. The first kappa shape index (κ1) is 22.4. The molecular formula is C21H26BClN2O5. The molecule has 7 nitrogen and oxygen atoms in total. The number of esters is 1. The van der Waals surface area contributed by atoms with Crippen LogP contribution in [0.2, 0.25) is 5.15 Å². The summed E-state index contributed by atoms with van der Waals surface area (Å²) >= 11 is 6.06. The van der Waals surface area contributed by atoms with Crippen molar-refractivity contribution in [2.24, 2.45) is 0 Å². The highest BCUT2D eigenvalue weighted by molar-refractivity contribution is 6.63. The van der Waals surface area contributed by atoms with Gasteiger partial charge in [0.2, 0.25) is 0 Å². The minimum atomic E-state index is -0.600. The van der Waals surface area contributed by atoms with Crippen LogP contribution in [-0.4, -0.2) is 43.0 Å². The van der Waals surface area contributed by atoms with E-state index in [1.54, 1.807) is 20.1 Å². The zero-order chi connectivity index (χ0) is 22.1. The minimum absolute atomic E-state index is 0.242. The second kappa shape index (κ2) is 8.45. The molecular weight excluding hydrogens is 407 g/mol. The number of nitrogens with one attached hydrogen (secondary N) is 1. The van der Waals surface area contributed by atoms with Crippen LogP contribution in [0.5, 0.6) is 5.75 Å². The largest absolute Gasteiger partial charge is 0.498 e. The van der Waals surface area contributed by atoms with Gasteiger partial charge in [0.05, 0.1) is 36.3 Å². The van der Waals surface area contributed by atoms with Crippen LogP contribution in [0.25, 0.3) is 0 Å². The molecule has 0 saturated carbocycles. The van der Waals surface area contributed by atoms with E-state index in [4.69, 9.17) is 30.4 Å². The third kappa shape index (κ3) is 4.26. The Labute approximate surface area is 182 Å². The summed E-state index contributed by atoms with van der Waals surface area (Å²) in [6.07, 6.45) is 1.38. The fraction of sp³-hybridized carbons (Fsp3) is 0.429. The monoisotopic (exact) mass is 432 g/mol. The summed E-state index contributed by atoms with van der Waals surface area (Å²) < 4.78 is 23.2. The summed E-state index contributed by atoms with van der Waals surface area (Å²) in [4.78, 5) is 16.3. The van der Waals surface area contributed by atoms with E-state index in [1.807, 2.05) is 45.9 Å². The Morgan fingerprint density at radius 1 is 1.20 bits per heavy atom. The highest BCUT2D eigenvalue weighted by Gasteiger charge is 2.52. The number of para-hydroxylation sites is 1. The van der Waals surface area contributed by atoms with Crippen LogP contribution >= 0.6 is 11.6 Å². The highest BCUT2D eigenvalue weighted by Crippen LogP contribution is 2.38. The summed E-state index contributed by atoms with van der Waals surface area (Å²) in [5.74, 6) is 0.0454. The molecule has 0 radical (unpaired) electrons. The van der Waals surface area contributed by atoms with Crippen LogP contribution in [0.15, 0.2) is 30.5 Å². The summed E-state index contributed by atoms with van der Waals surface area (Å²) in [5, 5.41) is 3.46. The van der Waals surface area contributed by atoms with Gasteiger partial charge in [-0.05, 0) is 46.8 Å². The zero-order valence-corrected chi connectivity index (χ0v) is 18.8. The van der Waals surface area contributed by atoms with Crippen LogP contribution < -0.4 is 15.5 Å². The number of carbonyl (C=O) groups is 1. The van der Waals surface area contributed by atoms with E-state index in [-0.39, 0.29) is 17.3 Å². The maximum absolute atomic E-state index is 12.3. The lowest BCUT2D eigenvalue weighted by atomic mass is 9.78. The Kier molecular flexibility index (Phi) is 6.31. The van der Waals surface area contributed by atoms with E-state index in [0.717, 1.165) is 5.46 Å². The first-order chi connectivity index (χ1) is 14.1. The lowest BCUT2D eigenvalue weighted by molar-refractivity contribution is 0.00578. The molecule has 2 heterocycles. The number of hydrogen-bond donors (Lipinski definition) is 1. The van der Waals surface area contributed by atoms with Gasteiger partial charge in [0, 0.05) is 11.7 Å². The lowest BCUT2D eigenvalue weighted by Crippen LogP contribution is -2.41. The number of ether oxygens (including phenoxy) is 2. The van der Waals surface area contributed by atoms with Gasteiger partial charge in [0.15, 0.2) is 0 Å². The molecule has 2 aromatic rings. The normalized spacial score (nSPS) is 17.0. The highest BCUT2D eigenvalue weighted by atomic mass is 35.5. The molecule has 160 valence electrons. The van der Waals surface area contributed by atoms with Crippen molar-refractivity contribution in [3.63, 3.8) is 0 Å². The van der Waals surface area contributed by atoms with Gasteiger partial charge in [-0.15, -0.1) is 0 Å². The van der Waals surface area contributed by atoms with Crippen LogP contribution in [0.4, 0.5) is 11.4 Å². The Morgan fingerprint density at radius 3 is 2.47 bits per heavy atom. The predicted octanol–water partition coefficient (Wildman–Crippen LogP) is 3.96. The SMILES string of the molecule is CCOC(=O)c1cnc(Cl)cc1Nc1cccc(B2OC(C)(C)C(C)(C)O2)c1OC. The van der Waals surface area contributed by atoms with Crippen molar-refractivity contribution in [2.45, 2.75) is 45.8 Å². The fourth-order valence-corrected chi connectivity index (χ4v) is 3.24. The molecule has 1 fully saturated rings. The summed E-state index contributed by atoms with van der Waals surface area (Å²) in [7, 11) is 0.971. The van der Waals surface area contributed by atoms with Crippen molar-refractivity contribution in [3.05, 3.63) is 41.2 Å². The van der Waals surface area contributed by atoms with Gasteiger partial charge in [0.1, 0.15) is 16.5 Å². The molecule has 0 amide bonds. The van der Waals surface area contributed by atoms with Gasteiger partial charge in [-0.3, -0.25) is 0 Å². The molecule has 1 aromatic carbocycles. The van der Waals surface area contributed by atoms with Crippen molar-refractivity contribution in [2.75, 3.05) is 19.0 Å². The van der Waals surface area contributed by atoms with Gasteiger partial charge in [0.25, 0.3) is 0 Å². The molecule has 3 rings (SSSR count). The van der Waals surface area contributed by atoms with Crippen molar-refractivity contribution in [1.82, 2.24) is 4.98 Å². The van der Waals surface area contributed by atoms with Crippen LogP contribution in [0.3, 0.4) is 0 Å². The molecule has 1 aliphatic heterocycles. The number of pyridine rings is 1. The van der Waals surface area contributed by atoms with Gasteiger partial charge < -0.3 is 24.1 Å². The topological polar surface area (TPSA) is 78.9 Å². The first-order valence-corrected chi connectivity index (χ1v) is 10.1. The quantitative estimate of drug-likeness (QED) is 0.420. The molecule has 1 aliphatic rings. The summed E-state index contributed by atoms with van der Waals surface area (Å²) in [5.41, 5.74) is 1.11. The molecule has 0 atom stereocenters. The first-order valence-electron chi connectivity index (χ1n) is 9.72. The standard InChI is InChI=1S/C21H26BClN2O5/c1-7-28-19(26)13-12-24-17(23)11-16(13)25-15-10-8-9-14(18(15)27-6)22-29-20(2,3)21(4,5)30-22/h8-12H,7H2,1-6H3,(H,24,25). The number of methoxy groups -OCH3 is 1. The van der Waals surface area contributed by atoms with E-state index in [2.05, 4.69) is 10.3 Å². The Morgan fingerprint density at radius 2 is 1.87 bits per heavy atom. The third-order valence-corrected chi connectivity index (χ3v) is 5.60. The maximum atomic E-state index is 12.3. The number of anilines is 2. The molecule has 9 heteroatoms. The number of carbonyl (C=O) groups excluding carboxylic acids is 1. The maximum Gasteiger partial charge on any atom is 0.498 e. The number of rotatable bonds is 6. The van der Waals surface area contributed by atoms with Crippen molar-refractivity contribution in [1.29, 1.82) is 0 Å². The second-order valence-corrected chi connectivity index (χ2v) is 8.30. The smallest absolute Gasteiger partial charge is 0.495 e. The number of hydrogen-bond acceptors (Lipinski definition) is 7. The van der Waals surface area contributed by atoms with Crippen molar-refractivity contribution < 1.29 is 23.6 Å². The lowest BCUT2D eigenvalue weighted by Gasteiger charge is -2.32. The van der Waals surface area contributed by atoms with Gasteiger partial charge >= 0.3 is 13.1 Å². The Bertz CT molecular complexity index is 935. The van der Waals surface area contributed by atoms with E-state index in [1.165, 1.54) is 6.20 Å². The average Bonchev–Trinajstić information content (AvgIpc) is 2.89. The van der Waals surface area contributed by atoms with E-state index >= 15 is 0 Å². The van der Waals surface area contributed by atoms with Gasteiger partial charge in [-0.1, -0.05) is 23.7 Å². The molecule has 0 unspecified atom stereocenters. The van der Waals surface area contributed by atoms with E-state index in [9.17, 15) is 4.79 Å². The van der Waals surface area contributed by atoms with Crippen LogP contribution in [-0.2, 0) is 14.0 Å². The Hall–Kier alpha value is -2.29.